The molecule has 5 heteroatoms. The first-order valence-corrected chi connectivity index (χ1v) is 7.03. The van der Waals surface area contributed by atoms with Gasteiger partial charge in [-0.1, -0.05) is 12.1 Å². The first-order valence-electron chi connectivity index (χ1n) is 7.03. The lowest BCUT2D eigenvalue weighted by Gasteiger charge is -2.12. The maximum absolute atomic E-state index is 11.9. The summed E-state index contributed by atoms with van der Waals surface area (Å²) < 4.78 is 6.65. The van der Waals surface area contributed by atoms with E-state index in [1.807, 2.05) is 25.1 Å². The molecule has 2 aromatic rings. The standard InChI is InChI=1S/C15H18N2O3/c1-10(11-6-7-11)16-14(18)8-9-17-12-4-2-3-5-13(12)20-15(17)19/h2-5,10-11H,6-9H2,1H3,(H,16,18). The van der Waals surface area contributed by atoms with E-state index in [9.17, 15) is 9.59 Å². The molecule has 20 heavy (non-hydrogen) atoms. The second-order valence-corrected chi connectivity index (χ2v) is 5.43. The van der Waals surface area contributed by atoms with Gasteiger partial charge in [0.05, 0.1) is 5.52 Å². The lowest BCUT2D eigenvalue weighted by atomic mass is 10.2. The Bertz CT molecular complexity index is 682. The summed E-state index contributed by atoms with van der Waals surface area (Å²) in [5.74, 6) is 0.215. The van der Waals surface area contributed by atoms with Crippen LogP contribution >= 0.6 is 0 Å². The molecular formula is C15H18N2O3. The zero-order valence-corrected chi connectivity index (χ0v) is 11.5. The number of carbonyl (C=O) groups is 1. The number of aromatic nitrogens is 1. The van der Waals surface area contributed by atoms with Crippen molar-refractivity contribution in [2.75, 3.05) is 0 Å². The third-order valence-corrected chi connectivity index (χ3v) is 3.85. The zero-order valence-electron chi connectivity index (χ0n) is 11.5. The molecule has 1 N–H and O–H groups in total. The highest BCUT2D eigenvalue weighted by Crippen LogP contribution is 2.32. The lowest BCUT2D eigenvalue weighted by molar-refractivity contribution is -0.122. The van der Waals surface area contributed by atoms with E-state index in [0.29, 0.717) is 24.5 Å². The van der Waals surface area contributed by atoms with Gasteiger partial charge in [0.1, 0.15) is 0 Å². The minimum Gasteiger partial charge on any atom is -0.408 e. The third kappa shape index (κ3) is 2.61. The fourth-order valence-electron chi connectivity index (χ4n) is 2.48. The third-order valence-electron chi connectivity index (χ3n) is 3.85. The predicted octanol–water partition coefficient (Wildman–Crippen LogP) is 1.90. The number of rotatable bonds is 5. The van der Waals surface area contributed by atoms with E-state index < -0.39 is 5.76 Å². The number of oxazole rings is 1. The van der Waals surface area contributed by atoms with E-state index in [-0.39, 0.29) is 11.9 Å². The monoisotopic (exact) mass is 274 g/mol. The maximum atomic E-state index is 11.9. The summed E-state index contributed by atoms with van der Waals surface area (Å²) in [6.07, 6.45) is 2.70. The molecule has 1 unspecified atom stereocenters. The Balaban J connectivity index is 1.66. The van der Waals surface area contributed by atoms with Crippen LogP contribution in [0.2, 0.25) is 0 Å². The molecule has 0 saturated heterocycles. The molecule has 3 rings (SSSR count). The molecule has 1 saturated carbocycles. The molecule has 1 aliphatic rings. The van der Waals surface area contributed by atoms with Crippen molar-refractivity contribution in [3.8, 4) is 0 Å². The Labute approximate surface area is 116 Å². The Hall–Kier alpha value is -2.04. The molecule has 106 valence electrons. The van der Waals surface area contributed by atoms with Crippen LogP contribution < -0.4 is 11.1 Å². The van der Waals surface area contributed by atoms with E-state index in [4.69, 9.17) is 4.42 Å². The molecule has 1 aromatic heterocycles. The molecule has 0 aliphatic heterocycles. The van der Waals surface area contributed by atoms with Crippen molar-refractivity contribution in [2.24, 2.45) is 5.92 Å². The van der Waals surface area contributed by atoms with Gasteiger partial charge in [0.2, 0.25) is 5.91 Å². The Morgan fingerprint density at radius 2 is 2.20 bits per heavy atom. The van der Waals surface area contributed by atoms with Crippen LogP contribution in [0, 0.1) is 5.92 Å². The fraction of sp³-hybridized carbons (Fsp3) is 0.467. The Morgan fingerprint density at radius 3 is 2.95 bits per heavy atom. The number of fused-ring (bicyclic) bond motifs is 1. The highest BCUT2D eigenvalue weighted by atomic mass is 16.4. The first kappa shape index (κ1) is 13.0. The summed E-state index contributed by atoms with van der Waals surface area (Å²) in [4.78, 5) is 23.6. The molecule has 1 fully saturated rings. The van der Waals surface area contributed by atoms with Gasteiger partial charge in [-0.05, 0) is 37.8 Å². The molecule has 1 heterocycles. The first-order chi connectivity index (χ1) is 9.65. The molecule has 0 bridgehead atoms. The van der Waals surface area contributed by atoms with Gasteiger partial charge < -0.3 is 9.73 Å². The largest absolute Gasteiger partial charge is 0.419 e. The SMILES string of the molecule is CC(NC(=O)CCn1c(=O)oc2ccccc21)C1CC1. The molecule has 1 aliphatic carbocycles. The molecule has 0 radical (unpaired) electrons. The van der Waals surface area contributed by atoms with Gasteiger partial charge in [0, 0.05) is 19.0 Å². The molecule has 1 atom stereocenters. The number of aryl methyl sites for hydroxylation is 1. The van der Waals surface area contributed by atoms with Gasteiger partial charge in [-0.3, -0.25) is 9.36 Å². The summed E-state index contributed by atoms with van der Waals surface area (Å²) in [7, 11) is 0. The zero-order chi connectivity index (χ0) is 14.1. The number of hydrogen-bond acceptors (Lipinski definition) is 3. The fourth-order valence-corrected chi connectivity index (χ4v) is 2.48. The average Bonchev–Trinajstić information content (AvgIpc) is 3.21. The maximum Gasteiger partial charge on any atom is 0.419 e. The summed E-state index contributed by atoms with van der Waals surface area (Å²) in [5.41, 5.74) is 1.30. The summed E-state index contributed by atoms with van der Waals surface area (Å²) in [6.45, 7) is 2.38. The van der Waals surface area contributed by atoms with Crippen LogP contribution in [0.5, 0.6) is 0 Å². The topological polar surface area (TPSA) is 64.2 Å². The molecule has 0 spiro atoms. The van der Waals surface area contributed by atoms with Gasteiger partial charge in [0.15, 0.2) is 5.58 Å². The van der Waals surface area contributed by atoms with Crippen LogP contribution in [0.4, 0.5) is 0 Å². The van der Waals surface area contributed by atoms with Crippen molar-refractivity contribution >= 4 is 17.0 Å². The number of nitrogens with one attached hydrogen (secondary N) is 1. The van der Waals surface area contributed by atoms with E-state index in [2.05, 4.69) is 5.32 Å². The number of benzene rings is 1. The number of para-hydroxylation sites is 2. The second-order valence-electron chi connectivity index (χ2n) is 5.43. The van der Waals surface area contributed by atoms with E-state index in [1.165, 1.54) is 17.4 Å². The number of carbonyl (C=O) groups excluding carboxylic acids is 1. The van der Waals surface area contributed by atoms with E-state index >= 15 is 0 Å². The number of amides is 1. The van der Waals surface area contributed by atoms with Gasteiger partial charge >= 0.3 is 5.76 Å². The molecule has 1 amide bonds. The summed E-state index contributed by atoms with van der Waals surface area (Å²) >= 11 is 0. The predicted molar refractivity (Wildman–Crippen MR) is 75.4 cm³/mol. The molecular weight excluding hydrogens is 256 g/mol. The summed E-state index contributed by atoms with van der Waals surface area (Å²) in [5, 5.41) is 2.99. The van der Waals surface area contributed by atoms with Gasteiger partial charge in [-0.2, -0.15) is 0 Å². The van der Waals surface area contributed by atoms with Gasteiger partial charge in [-0.15, -0.1) is 0 Å². The van der Waals surface area contributed by atoms with Crippen molar-refractivity contribution in [3.05, 3.63) is 34.8 Å². The van der Waals surface area contributed by atoms with Gasteiger partial charge in [0.25, 0.3) is 0 Å². The molecule has 1 aromatic carbocycles. The van der Waals surface area contributed by atoms with Crippen LogP contribution in [0.25, 0.3) is 11.1 Å². The minimum absolute atomic E-state index is 0.0124. The summed E-state index contributed by atoms with van der Waals surface area (Å²) in [6, 6.07) is 7.48. The van der Waals surface area contributed by atoms with Crippen LogP contribution in [0.15, 0.2) is 33.5 Å². The second kappa shape index (κ2) is 5.15. The number of hydrogen-bond donors (Lipinski definition) is 1. The smallest absolute Gasteiger partial charge is 0.408 e. The number of nitrogens with zero attached hydrogens (tertiary/aromatic N) is 1. The van der Waals surface area contributed by atoms with Crippen molar-refractivity contribution < 1.29 is 9.21 Å². The highest BCUT2D eigenvalue weighted by Gasteiger charge is 2.28. The van der Waals surface area contributed by atoms with Crippen LogP contribution in [0.3, 0.4) is 0 Å². The lowest BCUT2D eigenvalue weighted by Crippen LogP contribution is -2.34. The average molecular weight is 274 g/mol. The minimum atomic E-state index is -0.408. The van der Waals surface area contributed by atoms with Gasteiger partial charge in [-0.25, -0.2) is 4.79 Å². The molecule has 5 nitrogen and oxygen atoms in total. The van der Waals surface area contributed by atoms with Crippen molar-refractivity contribution in [3.63, 3.8) is 0 Å². The quantitative estimate of drug-likeness (QED) is 0.905. The Morgan fingerprint density at radius 1 is 1.45 bits per heavy atom. The van der Waals surface area contributed by atoms with E-state index in [1.54, 1.807) is 6.07 Å². The normalized spacial score (nSPS) is 16.2. The van der Waals surface area contributed by atoms with Crippen molar-refractivity contribution in [1.82, 2.24) is 9.88 Å². The highest BCUT2D eigenvalue weighted by molar-refractivity contribution is 5.77. The van der Waals surface area contributed by atoms with E-state index in [0.717, 1.165) is 5.52 Å². The van der Waals surface area contributed by atoms with Crippen LogP contribution in [-0.2, 0) is 11.3 Å². The van der Waals surface area contributed by atoms with Crippen LogP contribution in [-0.4, -0.2) is 16.5 Å². The van der Waals surface area contributed by atoms with Crippen molar-refractivity contribution in [2.45, 2.75) is 38.8 Å². The van der Waals surface area contributed by atoms with Crippen LogP contribution in [0.1, 0.15) is 26.2 Å². The van der Waals surface area contributed by atoms with Crippen molar-refractivity contribution in [1.29, 1.82) is 0 Å². The Kier molecular flexibility index (Phi) is 3.34.